The van der Waals surface area contributed by atoms with Gasteiger partial charge in [0.1, 0.15) is 12.4 Å². The topological polar surface area (TPSA) is 22.1 Å². The molecule has 156 valence electrons. The van der Waals surface area contributed by atoms with Crippen LogP contribution in [0.5, 0.6) is 5.75 Å². The lowest BCUT2D eigenvalue weighted by Crippen LogP contribution is -1.93. The molecular weight excluding hydrogens is 373 g/mol. The molecule has 0 fully saturated rings. The minimum atomic E-state index is -0.687. The van der Waals surface area contributed by atoms with E-state index in [1.165, 1.54) is 5.56 Å². The van der Waals surface area contributed by atoms with Crippen LogP contribution in [0, 0.1) is 0 Å². The normalized spacial score (nSPS) is 11.8. The predicted octanol–water partition coefficient (Wildman–Crippen LogP) is 7.44. The summed E-state index contributed by atoms with van der Waals surface area (Å²) in [5, 5.41) is 0. The molecule has 0 spiro atoms. The van der Waals surface area contributed by atoms with E-state index in [-0.39, 0.29) is 0 Å². The average molecular weight is 404 g/mol. The van der Waals surface area contributed by atoms with Gasteiger partial charge in [0.05, 0.1) is 11.9 Å². The van der Waals surface area contributed by atoms with Gasteiger partial charge >= 0.3 is 0 Å². The van der Waals surface area contributed by atoms with Gasteiger partial charge in [-0.15, -0.1) is 0 Å². The van der Waals surface area contributed by atoms with Crippen LogP contribution in [0.2, 0.25) is 0 Å². The third kappa shape index (κ3) is 6.55. The minimum Gasteiger partial charge on any atom is -0.490 e. The molecule has 0 aliphatic rings. The number of hydrogen-bond donors (Lipinski definition) is 0. The Hall–Kier alpha value is -2.94. The minimum absolute atomic E-state index is 0.512. The largest absolute Gasteiger partial charge is 0.490 e. The summed E-state index contributed by atoms with van der Waals surface area (Å²) < 4.78 is 18.4. The van der Waals surface area contributed by atoms with E-state index >= 15 is 0 Å². The van der Waals surface area contributed by atoms with E-state index in [1.54, 1.807) is 13.0 Å². The molecule has 0 amide bonds. The number of hydrogen-bond acceptors (Lipinski definition) is 2. The van der Waals surface area contributed by atoms with Gasteiger partial charge < -0.3 is 4.74 Å². The highest BCUT2D eigenvalue weighted by atomic mass is 19.1. The molecule has 30 heavy (non-hydrogen) atoms. The molecule has 1 unspecified atom stereocenters. The SMILES string of the molecule is C=CCOc1ccc(-c2ccc(-c3ccc(CCCCCC(C)F)cn3)cc2)cc1. The second kappa shape index (κ2) is 11.3. The third-order valence-electron chi connectivity index (χ3n) is 5.13. The molecular formula is C27H30FNO. The molecule has 3 heteroatoms. The summed E-state index contributed by atoms with van der Waals surface area (Å²) in [4.78, 5) is 4.63. The molecule has 0 aliphatic carbocycles. The fourth-order valence-corrected chi connectivity index (χ4v) is 3.41. The van der Waals surface area contributed by atoms with Crippen molar-refractivity contribution in [2.75, 3.05) is 6.61 Å². The van der Waals surface area contributed by atoms with Crippen LogP contribution < -0.4 is 4.74 Å². The first kappa shape index (κ1) is 21.8. The van der Waals surface area contributed by atoms with Crippen molar-refractivity contribution in [3.63, 3.8) is 0 Å². The maximum atomic E-state index is 12.8. The zero-order valence-electron chi connectivity index (χ0n) is 17.7. The molecule has 0 aliphatic heterocycles. The zero-order valence-corrected chi connectivity index (χ0v) is 17.7. The molecule has 2 nitrogen and oxygen atoms in total. The zero-order chi connectivity index (χ0) is 21.2. The number of halogens is 1. The van der Waals surface area contributed by atoms with E-state index < -0.39 is 6.17 Å². The molecule has 3 aromatic rings. The van der Waals surface area contributed by atoms with Gasteiger partial charge in [-0.25, -0.2) is 4.39 Å². The lowest BCUT2D eigenvalue weighted by molar-refractivity contribution is 0.330. The standard InChI is InChI=1S/C27H30FNO/c1-3-19-30-26-16-14-24(15-17-26)23-10-12-25(13-11-23)27-18-9-22(20-29-27)8-6-4-5-7-21(2)28/h3,9-18,20-21H,1,4-8,19H2,2H3. The monoisotopic (exact) mass is 403 g/mol. The Morgan fingerprint density at radius 1 is 0.900 bits per heavy atom. The van der Waals surface area contributed by atoms with Crippen molar-refractivity contribution in [2.24, 2.45) is 0 Å². The maximum absolute atomic E-state index is 12.8. The van der Waals surface area contributed by atoms with Crippen molar-refractivity contribution >= 4 is 0 Å². The number of pyridine rings is 1. The summed E-state index contributed by atoms with van der Waals surface area (Å²) in [6.07, 6.45) is 7.79. The number of ether oxygens (including phenoxy) is 1. The van der Waals surface area contributed by atoms with E-state index in [1.807, 2.05) is 18.3 Å². The number of unbranched alkanes of at least 4 members (excludes halogenated alkanes) is 2. The van der Waals surface area contributed by atoms with E-state index in [9.17, 15) is 4.39 Å². The highest BCUT2D eigenvalue weighted by Gasteiger charge is 2.04. The second-order valence-electron chi connectivity index (χ2n) is 7.63. The van der Waals surface area contributed by atoms with E-state index in [0.717, 1.165) is 53.8 Å². The van der Waals surface area contributed by atoms with Gasteiger partial charge in [0.2, 0.25) is 0 Å². The van der Waals surface area contributed by atoms with Crippen LogP contribution in [0.1, 0.15) is 38.2 Å². The van der Waals surface area contributed by atoms with E-state index in [0.29, 0.717) is 13.0 Å². The first-order chi connectivity index (χ1) is 14.7. The molecule has 0 saturated heterocycles. The first-order valence-electron chi connectivity index (χ1n) is 10.7. The third-order valence-corrected chi connectivity index (χ3v) is 5.13. The molecule has 1 atom stereocenters. The Bertz CT molecular complexity index is 899. The smallest absolute Gasteiger partial charge is 0.119 e. The molecule has 0 N–H and O–H groups in total. The van der Waals surface area contributed by atoms with Gasteiger partial charge in [-0.1, -0.05) is 68.0 Å². The Morgan fingerprint density at radius 2 is 1.57 bits per heavy atom. The number of aromatic nitrogens is 1. The summed E-state index contributed by atoms with van der Waals surface area (Å²) in [7, 11) is 0. The Labute approximate surface area is 179 Å². The van der Waals surface area contributed by atoms with Gasteiger partial charge in [0, 0.05) is 11.8 Å². The van der Waals surface area contributed by atoms with Crippen molar-refractivity contribution in [3.8, 4) is 28.1 Å². The number of alkyl halides is 1. The second-order valence-corrected chi connectivity index (χ2v) is 7.63. The summed E-state index contributed by atoms with van der Waals surface area (Å²) in [6, 6.07) is 20.8. The predicted molar refractivity (Wildman–Crippen MR) is 124 cm³/mol. The fourth-order valence-electron chi connectivity index (χ4n) is 3.41. The molecule has 1 heterocycles. The summed E-state index contributed by atoms with van der Waals surface area (Å²) >= 11 is 0. The van der Waals surface area contributed by atoms with Crippen LogP contribution in [0.3, 0.4) is 0 Å². The van der Waals surface area contributed by atoms with Gasteiger partial charge in [-0.05, 0) is 61.1 Å². The van der Waals surface area contributed by atoms with Crippen molar-refractivity contribution < 1.29 is 9.13 Å². The highest BCUT2D eigenvalue weighted by Crippen LogP contribution is 2.26. The van der Waals surface area contributed by atoms with Crippen molar-refractivity contribution in [1.29, 1.82) is 0 Å². The van der Waals surface area contributed by atoms with Crippen LogP contribution in [-0.4, -0.2) is 17.8 Å². The number of nitrogens with zero attached hydrogens (tertiary/aromatic N) is 1. The van der Waals surface area contributed by atoms with Crippen LogP contribution in [0.4, 0.5) is 4.39 Å². The van der Waals surface area contributed by atoms with Crippen LogP contribution in [-0.2, 0) is 6.42 Å². The molecule has 0 bridgehead atoms. The Morgan fingerprint density at radius 3 is 2.17 bits per heavy atom. The van der Waals surface area contributed by atoms with Crippen molar-refractivity contribution in [2.45, 2.75) is 45.2 Å². The first-order valence-corrected chi connectivity index (χ1v) is 10.7. The summed E-state index contributed by atoms with van der Waals surface area (Å²) in [5.41, 5.74) is 5.63. The van der Waals surface area contributed by atoms with E-state index in [2.05, 4.69) is 60.1 Å². The quantitative estimate of drug-likeness (QED) is 0.245. The number of benzene rings is 2. The molecule has 2 aromatic carbocycles. The van der Waals surface area contributed by atoms with Gasteiger partial charge in [-0.2, -0.15) is 0 Å². The molecule has 0 saturated carbocycles. The van der Waals surface area contributed by atoms with Gasteiger partial charge in [-0.3, -0.25) is 4.98 Å². The van der Waals surface area contributed by atoms with E-state index in [4.69, 9.17) is 4.74 Å². The lowest BCUT2D eigenvalue weighted by atomic mass is 10.0. The Balaban J connectivity index is 1.56. The van der Waals surface area contributed by atoms with Crippen molar-refractivity contribution in [3.05, 3.63) is 85.1 Å². The lowest BCUT2D eigenvalue weighted by Gasteiger charge is -2.07. The van der Waals surface area contributed by atoms with Crippen molar-refractivity contribution in [1.82, 2.24) is 4.98 Å². The summed E-state index contributed by atoms with van der Waals surface area (Å²) in [5.74, 6) is 0.844. The number of rotatable bonds is 11. The maximum Gasteiger partial charge on any atom is 0.119 e. The van der Waals surface area contributed by atoms with Crippen LogP contribution >= 0.6 is 0 Å². The average Bonchev–Trinajstić information content (AvgIpc) is 2.78. The van der Waals surface area contributed by atoms with Gasteiger partial charge in [0.15, 0.2) is 0 Å². The fraction of sp³-hybridized carbons (Fsp3) is 0.296. The number of aryl methyl sites for hydroxylation is 1. The molecule has 0 radical (unpaired) electrons. The van der Waals surface area contributed by atoms with Crippen LogP contribution in [0.15, 0.2) is 79.5 Å². The van der Waals surface area contributed by atoms with Crippen LogP contribution in [0.25, 0.3) is 22.4 Å². The highest BCUT2D eigenvalue weighted by molar-refractivity contribution is 5.69. The van der Waals surface area contributed by atoms with Gasteiger partial charge in [0.25, 0.3) is 0 Å². The molecule has 1 aromatic heterocycles. The molecule has 3 rings (SSSR count). The Kier molecular flexibility index (Phi) is 8.20. The summed E-state index contributed by atoms with van der Waals surface area (Å²) in [6.45, 7) is 5.80.